The molecule has 3 nitrogen and oxygen atoms in total. The van der Waals surface area contributed by atoms with Gasteiger partial charge in [0.1, 0.15) is 0 Å². The fraction of sp³-hybridized carbons (Fsp3) is 0.200. The number of amides is 1. The van der Waals surface area contributed by atoms with Crippen molar-refractivity contribution >= 4 is 12.1 Å². The second-order valence-electron chi connectivity index (χ2n) is 1.44. The monoisotopic (exact) mass is 110 g/mol. The van der Waals surface area contributed by atoms with Gasteiger partial charge in [-0.15, -0.1) is 0 Å². The van der Waals surface area contributed by atoms with Gasteiger partial charge in [0.2, 0.25) is 0 Å². The summed E-state index contributed by atoms with van der Waals surface area (Å²) in [7, 11) is 0. The van der Waals surface area contributed by atoms with Crippen LogP contribution in [0.3, 0.4) is 0 Å². The topological polar surface area (TPSA) is 41.5 Å². The molecular weight excluding hydrogens is 104 g/mol. The van der Waals surface area contributed by atoms with Crippen LogP contribution in [0.2, 0.25) is 0 Å². The van der Waals surface area contributed by atoms with Gasteiger partial charge >= 0.3 is 0 Å². The minimum Gasteiger partial charge on any atom is -0.267 e. The van der Waals surface area contributed by atoms with Gasteiger partial charge in [-0.05, 0) is 6.92 Å². The molecule has 0 radical (unpaired) electrons. The lowest BCUT2D eigenvalue weighted by Gasteiger charge is -1.83. The first-order chi connectivity index (χ1) is 3.84. The Kier molecular flexibility index (Phi) is 1.12. The summed E-state index contributed by atoms with van der Waals surface area (Å²) < 4.78 is 0. The lowest BCUT2D eigenvalue weighted by atomic mass is 10.3. The fourth-order valence-corrected chi connectivity index (χ4v) is 0.489. The Hall–Kier alpha value is -1.12. The molecule has 0 fully saturated rings. The lowest BCUT2D eigenvalue weighted by molar-refractivity contribution is -0.116. The largest absolute Gasteiger partial charge is 0.272 e. The van der Waals surface area contributed by atoms with Crippen molar-refractivity contribution in [1.29, 1.82) is 0 Å². The third kappa shape index (κ3) is 0.621. The van der Waals surface area contributed by atoms with Crippen LogP contribution in [0, 0.1) is 0 Å². The summed E-state index contributed by atoms with van der Waals surface area (Å²) in [5.41, 5.74) is 2.91. The number of carbonyl (C=O) groups excluding carboxylic acids is 1. The Bertz CT molecular complexity index is 169. The Morgan fingerprint density at radius 2 is 2.62 bits per heavy atom. The molecule has 0 spiro atoms. The number of nitrogens with zero attached hydrogens (tertiary/aromatic N) is 1. The quantitative estimate of drug-likeness (QED) is 0.440. The molecule has 3 heteroatoms. The number of rotatable bonds is 0. The third-order valence-electron chi connectivity index (χ3n) is 0.943. The van der Waals surface area contributed by atoms with Gasteiger partial charge < -0.3 is 0 Å². The molecule has 1 aliphatic rings. The summed E-state index contributed by atoms with van der Waals surface area (Å²) in [6.45, 7) is 1.80. The van der Waals surface area contributed by atoms with Crippen molar-refractivity contribution in [3.05, 3.63) is 11.6 Å². The van der Waals surface area contributed by atoms with Crippen molar-refractivity contribution in [3.63, 3.8) is 0 Å². The van der Waals surface area contributed by atoms with Crippen LogP contribution in [0.4, 0.5) is 0 Å². The minimum atomic E-state index is -0.118. The molecule has 0 saturated carbocycles. The van der Waals surface area contributed by atoms with Crippen molar-refractivity contribution in [2.24, 2.45) is 5.10 Å². The predicted molar refractivity (Wildman–Crippen MR) is 30.4 cm³/mol. The maximum atomic E-state index is 10.5. The van der Waals surface area contributed by atoms with Crippen LogP contribution < -0.4 is 5.43 Å². The first-order valence-corrected chi connectivity index (χ1v) is 2.34. The van der Waals surface area contributed by atoms with Crippen LogP contribution in [-0.4, -0.2) is 12.1 Å². The molecule has 1 aliphatic heterocycles. The van der Waals surface area contributed by atoms with Crippen LogP contribution >= 0.6 is 0 Å². The van der Waals surface area contributed by atoms with E-state index in [-0.39, 0.29) is 5.91 Å². The molecule has 0 aromatic heterocycles. The summed E-state index contributed by atoms with van der Waals surface area (Å²) >= 11 is 0. The summed E-state index contributed by atoms with van der Waals surface area (Å²) in [5, 5.41) is 3.52. The van der Waals surface area contributed by atoms with Gasteiger partial charge in [0.25, 0.3) is 5.91 Å². The SMILES string of the molecule is C/C=C1\C=NNC1=O. The van der Waals surface area contributed by atoms with Crippen molar-refractivity contribution in [1.82, 2.24) is 5.43 Å². The molecular formula is C5H6N2O. The van der Waals surface area contributed by atoms with Gasteiger partial charge in [0, 0.05) is 0 Å². The fourth-order valence-electron chi connectivity index (χ4n) is 0.489. The van der Waals surface area contributed by atoms with E-state index in [4.69, 9.17) is 0 Å². The van der Waals surface area contributed by atoms with E-state index in [0.29, 0.717) is 5.57 Å². The Morgan fingerprint density at radius 1 is 1.88 bits per heavy atom. The Morgan fingerprint density at radius 3 is 2.88 bits per heavy atom. The van der Waals surface area contributed by atoms with E-state index in [1.165, 1.54) is 6.21 Å². The van der Waals surface area contributed by atoms with Crippen LogP contribution in [0.25, 0.3) is 0 Å². The second-order valence-corrected chi connectivity index (χ2v) is 1.44. The zero-order valence-corrected chi connectivity index (χ0v) is 4.51. The van der Waals surface area contributed by atoms with Gasteiger partial charge in [-0.3, -0.25) is 4.79 Å². The first-order valence-electron chi connectivity index (χ1n) is 2.34. The van der Waals surface area contributed by atoms with Crippen molar-refractivity contribution in [2.45, 2.75) is 6.92 Å². The maximum Gasteiger partial charge on any atom is 0.272 e. The molecule has 1 amide bonds. The molecule has 0 bridgehead atoms. The van der Waals surface area contributed by atoms with Crippen LogP contribution in [0.15, 0.2) is 16.8 Å². The highest BCUT2D eigenvalue weighted by Crippen LogP contribution is 1.94. The molecule has 1 N–H and O–H groups in total. The summed E-state index contributed by atoms with van der Waals surface area (Å²) in [4.78, 5) is 10.5. The van der Waals surface area contributed by atoms with E-state index in [0.717, 1.165) is 0 Å². The third-order valence-corrected chi connectivity index (χ3v) is 0.943. The molecule has 0 aromatic rings. The second kappa shape index (κ2) is 1.78. The van der Waals surface area contributed by atoms with E-state index >= 15 is 0 Å². The van der Waals surface area contributed by atoms with E-state index < -0.39 is 0 Å². The van der Waals surface area contributed by atoms with E-state index in [1.807, 2.05) is 0 Å². The molecule has 1 heterocycles. The highest BCUT2D eigenvalue weighted by atomic mass is 16.2. The molecule has 0 atom stereocenters. The van der Waals surface area contributed by atoms with Gasteiger partial charge in [-0.2, -0.15) is 5.10 Å². The first kappa shape index (κ1) is 5.03. The molecule has 42 valence electrons. The molecule has 0 aromatic carbocycles. The highest BCUT2D eigenvalue weighted by molar-refractivity contribution is 6.15. The molecule has 8 heavy (non-hydrogen) atoms. The summed E-state index contributed by atoms with van der Waals surface area (Å²) in [6, 6.07) is 0. The number of hydrazone groups is 1. The normalized spacial score (nSPS) is 22.1. The van der Waals surface area contributed by atoms with Crippen molar-refractivity contribution in [2.75, 3.05) is 0 Å². The van der Waals surface area contributed by atoms with Gasteiger partial charge in [0.15, 0.2) is 0 Å². The Labute approximate surface area is 47.1 Å². The van der Waals surface area contributed by atoms with Crippen molar-refractivity contribution < 1.29 is 4.79 Å². The molecule has 0 unspecified atom stereocenters. The number of hydrogen-bond donors (Lipinski definition) is 1. The zero-order chi connectivity index (χ0) is 5.98. The van der Waals surface area contributed by atoms with Crippen LogP contribution in [0.1, 0.15) is 6.92 Å². The minimum absolute atomic E-state index is 0.118. The number of carbonyl (C=O) groups is 1. The van der Waals surface area contributed by atoms with Crippen molar-refractivity contribution in [3.8, 4) is 0 Å². The summed E-state index contributed by atoms with van der Waals surface area (Å²) in [6.07, 6.45) is 3.22. The van der Waals surface area contributed by atoms with Gasteiger partial charge in [-0.25, -0.2) is 5.43 Å². The van der Waals surface area contributed by atoms with Gasteiger partial charge in [0.05, 0.1) is 11.8 Å². The standard InChI is InChI=1S/C5H6N2O/c1-2-4-3-6-7-5(4)8/h2-3H,1H3,(H,7,8)/b4-2+. The van der Waals surface area contributed by atoms with Crippen LogP contribution in [0.5, 0.6) is 0 Å². The smallest absolute Gasteiger partial charge is 0.267 e. The van der Waals surface area contributed by atoms with Crippen LogP contribution in [-0.2, 0) is 4.79 Å². The number of nitrogens with one attached hydrogen (secondary N) is 1. The Balaban J connectivity index is 2.82. The lowest BCUT2D eigenvalue weighted by Crippen LogP contribution is -2.11. The average Bonchev–Trinajstić information content (AvgIpc) is 2.14. The summed E-state index contributed by atoms with van der Waals surface area (Å²) in [5.74, 6) is -0.118. The number of allylic oxidation sites excluding steroid dienone is 1. The molecule has 1 rings (SSSR count). The van der Waals surface area contributed by atoms with Gasteiger partial charge in [-0.1, -0.05) is 6.08 Å². The molecule has 0 saturated heterocycles. The van der Waals surface area contributed by atoms with E-state index in [9.17, 15) is 4.79 Å². The molecule has 0 aliphatic carbocycles. The average molecular weight is 110 g/mol. The number of hydrogen-bond acceptors (Lipinski definition) is 2. The van der Waals surface area contributed by atoms with E-state index in [2.05, 4.69) is 10.5 Å². The maximum absolute atomic E-state index is 10.5. The predicted octanol–water partition coefficient (Wildman–Crippen LogP) is 0.0483. The zero-order valence-electron chi connectivity index (χ0n) is 4.51. The van der Waals surface area contributed by atoms with E-state index in [1.54, 1.807) is 13.0 Å². The highest BCUT2D eigenvalue weighted by Gasteiger charge is 2.08.